The van der Waals surface area contributed by atoms with Gasteiger partial charge in [0.25, 0.3) is 5.91 Å². The average molecular weight is 474 g/mol. The van der Waals surface area contributed by atoms with Gasteiger partial charge >= 0.3 is 5.97 Å². The standard InChI is InChI=1S/C23H27N3O4S2/c1-14-5-7-16-17(11-14)32-21(20(16)23(29)30-2)25-18(27)13-31-19-8-6-15(12-24-19)22(28)26-9-3-4-10-26/h6,8,12,14H,3-5,7,9-11,13H2,1-2H3,(H,25,27). The van der Waals surface area contributed by atoms with Crippen LogP contribution < -0.4 is 5.32 Å². The Bertz CT molecular complexity index is 1010. The van der Waals surface area contributed by atoms with Crippen molar-refractivity contribution in [1.82, 2.24) is 9.88 Å². The Balaban J connectivity index is 1.38. The van der Waals surface area contributed by atoms with Crippen LogP contribution in [0.3, 0.4) is 0 Å². The summed E-state index contributed by atoms with van der Waals surface area (Å²) >= 11 is 2.77. The lowest BCUT2D eigenvalue weighted by Crippen LogP contribution is -2.27. The van der Waals surface area contributed by atoms with Crippen molar-refractivity contribution < 1.29 is 19.1 Å². The van der Waals surface area contributed by atoms with Crippen molar-refractivity contribution in [2.24, 2.45) is 5.92 Å². The number of anilines is 1. The number of hydrogen-bond acceptors (Lipinski definition) is 7. The van der Waals surface area contributed by atoms with Crippen LogP contribution in [0.5, 0.6) is 0 Å². The number of amides is 2. The predicted molar refractivity (Wildman–Crippen MR) is 126 cm³/mol. The molecule has 32 heavy (non-hydrogen) atoms. The van der Waals surface area contributed by atoms with Crippen molar-refractivity contribution in [2.45, 2.75) is 44.1 Å². The summed E-state index contributed by atoms with van der Waals surface area (Å²) in [6.45, 7) is 3.80. The number of nitrogens with one attached hydrogen (secondary N) is 1. The summed E-state index contributed by atoms with van der Waals surface area (Å²) in [5.41, 5.74) is 2.09. The Morgan fingerprint density at radius 3 is 2.75 bits per heavy atom. The predicted octanol–water partition coefficient (Wildman–Crippen LogP) is 4.02. The number of pyridine rings is 1. The van der Waals surface area contributed by atoms with E-state index in [1.807, 2.05) is 4.90 Å². The van der Waals surface area contributed by atoms with E-state index in [4.69, 9.17) is 4.74 Å². The molecular weight excluding hydrogens is 446 g/mol. The van der Waals surface area contributed by atoms with Crippen LogP contribution in [0, 0.1) is 5.92 Å². The van der Waals surface area contributed by atoms with E-state index in [-0.39, 0.29) is 17.6 Å². The fourth-order valence-corrected chi connectivity index (χ4v) is 6.21. The number of thiophene rings is 1. The normalized spacial score (nSPS) is 17.7. The number of carbonyl (C=O) groups is 3. The Labute approximate surface area is 195 Å². The summed E-state index contributed by atoms with van der Waals surface area (Å²) < 4.78 is 4.98. The zero-order chi connectivity index (χ0) is 22.7. The largest absolute Gasteiger partial charge is 0.465 e. The Kier molecular flexibility index (Phi) is 7.15. The van der Waals surface area contributed by atoms with Gasteiger partial charge in [-0.1, -0.05) is 18.7 Å². The van der Waals surface area contributed by atoms with E-state index in [1.165, 1.54) is 30.2 Å². The van der Waals surface area contributed by atoms with Gasteiger partial charge in [-0.3, -0.25) is 9.59 Å². The number of hydrogen-bond donors (Lipinski definition) is 1. The maximum absolute atomic E-state index is 12.6. The molecule has 0 radical (unpaired) electrons. The maximum atomic E-state index is 12.6. The number of fused-ring (bicyclic) bond motifs is 1. The number of nitrogens with zero attached hydrogens (tertiary/aromatic N) is 2. The highest BCUT2D eigenvalue weighted by molar-refractivity contribution is 7.99. The first kappa shape index (κ1) is 22.8. The maximum Gasteiger partial charge on any atom is 0.341 e. The lowest BCUT2D eigenvalue weighted by atomic mass is 9.88. The fourth-order valence-electron chi connectivity index (χ4n) is 4.15. The Morgan fingerprint density at radius 2 is 2.06 bits per heavy atom. The number of rotatable bonds is 6. The van der Waals surface area contributed by atoms with Gasteiger partial charge in [-0.15, -0.1) is 11.3 Å². The minimum Gasteiger partial charge on any atom is -0.465 e. The molecular formula is C23H27N3O4S2. The number of ether oxygens (including phenoxy) is 1. The molecule has 3 heterocycles. The van der Waals surface area contributed by atoms with Crippen molar-refractivity contribution >= 4 is 45.9 Å². The second-order valence-corrected chi connectivity index (χ2v) is 10.4. The van der Waals surface area contributed by atoms with Gasteiger partial charge in [0.2, 0.25) is 5.91 Å². The van der Waals surface area contributed by atoms with Crippen molar-refractivity contribution in [1.29, 1.82) is 0 Å². The number of carbonyl (C=O) groups excluding carboxylic acids is 3. The molecule has 2 amide bonds. The number of likely N-dealkylation sites (tertiary alicyclic amines) is 1. The van der Waals surface area contributed by atoms with Crippen molar-refractivity contribution in [2.75, 3.05) is 31.3 Å². The molecule has 1 N–H and O–H groups in total. The molecule has 0 saturated carbocycles. The van der Waals surface area contributed by atoms with Gasteiger partial charge in [0.05, 0.1) is 29.0 Å². The van der Waals surface area contributed by atoms with Crippen LogP contribution in [0.1, 0.15) is 57.3 Å². The molecule has 1 saturated heterocycles. The molecule has 1 unspecified atom stereocenters. The number of thioether (sulfide) groups is 1. The monoisotopic (exact) mass is 473 g/mol. The van der Waals surface area contributed by atoms with Gasteiger partial charge in [-0.2, -0.15) is 0 Å². The van der Waals surface area contributed by atoms with E-state index in [0.29, 0.717) is 27.1 Å². The molecule has 0 bridgehead atoms. The SMILES string of the molecule is COC(=O)c1c(NC(=O)CSc2ccc(C(=O)N3CCCC3)cn2)sc2c1CCC(C)C2. The summed E-state index contributed by atoms with van der Waals surface area (Å²) in [4.78, 5) is 44.7. The average Bonchev–Trinajstić information content (AvgIpc) is 3.45. The van der Waals surface area contributed by atoms with Crippen LogP contribution in [0.15, 0.2) is 23.4 Å². The molecule has 1 aliphatic heterocycles. The number of esters is 1. The van der Waals surface area contributed by atoms with Crippen LogP contribution in [0.4, 0.5) is 5.00 Å². The van der Waals surface area contributed by atoms with Crippen molar-refractivity contribution in [3.63, 3.8) is 0 Å². The highest BCUT2D eigenvalue weighted by atomic mass is 32.2. The van der Waals surface area contributed by atoms with Gasteiger partial charge in [0.1, 0.15) is 5.00 Å². The van der Waals surface area contributed by atoms with E-state index in [9.17, 15) is 14.4 Å². The third-order valence-corrected chi connectivity index (χ3v) is 8.00. The second-order valence-electron chi connectivity index (χ2n) is 8.27. The molecule has 2 aliphatic rings. The van der Waals surface area contributed by atoms with E-state index < -0.39 is 5.97 Å². The van der Waals surface area contributed by atoms with Gasteiger partial charge in [-0.25, -0.2) is 9.78 Å². The molecule has 2 aromatic rings. The van der Waals surface area contributed by atoms with E-state index >= 15 is 0 Å². The van der Waals surface area contributed by atoms with Crippen LogP contribution in [0.25, 0.3) is 0 Å². The first-order valence-electron chi connectivity index (χ1n) is 10.9. The zero-order valence-corrected chi connectivity index (χ0v) is 19.9. The van der Waals surface area contributed by atoms with Crippen LogP contribution in [-0.4, -0.2) is 53.6 Å². The van der Waals surface area contributed by atoms with Crippen molar-refractivity contribution in [3.8, 4) is 0 Å². The molecule has 4 rings (SSSR count). The van der Waals surface area contributed by atoms with Gasteiger partial charge in [0, 0.05) is 24.2 Å². The van der Waals surface area contributed by atoms with E-state index in [0.717, 1.165) is 55.6 Å². The number of methoxy groups -OCH3 is 1. The lowest BCUT2D eigenvalue weighted by Gasteiger charge is -2.18. The molecule has 170 valence electrons. The summed E-state index contributed by atoms with van der Waals surface area (Å²) in [7, 11) is 1.36. The summed E-state index contributed by atoms with van der Waals surface area (Å²) in [5.74, 6) is 0.130. The zero-order valence-electron chi connectivity index (χ0n) is 18.3. The molecule has 7 nitrogen and oxygen atoms in total. The van der Waals surface area contributed by atoms with Crippen LogP contribution >= 0.6 is 23.1 Å². The molecule has 1 aliphatic carbocycles. The second kappa shape index (κ2) is 10.0. The van der Waals surface area contributed by atoms with Crippen LogP contribution in [0.2, 0.25) is 0 Å². The molecule has 0 spiro atoms. The van der Waals surface area contributed by atoms with E-state index in [1.54, 1.807) is 18.3 Å². The third-order valence-electron chi connectivity index (χ3n) is 5.88. The van der Waals surface area contributed by atoms with Gasteiger partial charge in [-0.05, 0) is 55.7 Å². The molecule has 9 heteroatoms. The van der Waals surface area contributed by atoms with Crippen LogP contribution in [-0.2, 0) is 22.4 Å². The highest BCUT2D eigenvalue weighted by Gasteiger charge is 2.29. The smallest absolute Gasteiger partial charge is 0.341 e. The molecule has 2 aromatic heterocycles. The minimum atomic E-state index is -0.403. The lowest BCUT2D eigenvalue weighted by molar-refractivity contribution is -0.113. The van der Waals surface area contributed by atoms with Crippen molar-refractivity contribution in [3.05, 3.63) is 39.9 Å². The minimum absolute atomic E-state index is 0.00983. The topological polar surface area (TPSA) is 88.6 Å². The van der Waals surface area contributed by atoms with Gasteiger partial charge in [0.15, 0.2) is 0 Å². The Hall–Kier alpha value is -2.39. The summed E-state index contributed by atoms with van der Waals surface area (Å²) in [6.07, 6.45) is 6.44. The first-order chi connectivity index (χ1) is 15.5. The number of aromatic nitrogens is 1. The third kappa shape index (κ3) is 4.99. The summed E-state index contributed by atoms with van der Waals surface area (Å²) in [6, 6.07) is 3.53. The Morgan fingerprint density at radius 1 is 1.28 bits per heavy atom. The molecule has 0 aromatic carbocycles. The fraction of sp³-hybridized carbons (Fsp3) is 0.478. The quantitative estimate of drug-likeness (QED) is 0.504. The van der Waals surface area contributed by atoms with Gasteiger partial charge < -0.3 is 15.0 Å². The molecule has 1 atom stereocenters. The molecule has 1 fully saturated rings. The highest BCUT2D eigenvalue weighted by Crippen LogP contribution is 2.40. The summed E-state index contributed by atoms with van der Waals surface area (Å²) in [5, 5.41) is 4.15. The first-order valence-corrected chi connectivity index (χ1v) is 12.7. The van der Waals surface area contributed by atoms with E-state index in [2.05, 4.69) is 17.2 Å².